The van der Waals surface area contributed by atoms with Gasteiger partial charge in [0.25, 0.3) is 0 Å². The molecule has 18 heavy (non-hydrogen) atoms. The summed E-state index contributed by atoms with van der Waals surface area (Å²) in [4.78, 5) is 0. The van der Waals surface area contributed by atoms with Crippen LogP contribution < -0.4 is 10.5 Å². The molecule has 0 aromatic heterocycles. The predicted molar refractivity (Wildman–Crippen MR) is 78.5 cm³/mol. The molecule has 1 atom stereocenters. The molecular formula is C15H24ClNO. The Bertz CT molecular complexity index is 379. The van der Waals surface area contributed by atoms with E-state index in [1.165, 1.54) is 5.56 Å². The third kappa shape index (κ3) is 4.51. The summed E-state index contributed by atoms with van der Waals surface area (Å²) in [7, 11) is 0. The molecule has 0 heterocycles. The Morgan fingerprint density at radius 3 is 2.72 bits per heavy atom. The zero-order valence-electron chi connectivity index (χ0n) is 11.6. The topological polar surface area (TPSA) is 35.2 Å². The minimum atomic E-state index is 0.553. The van der Waals surface area contributed by atoms with Crippen LogP contribution in [0.3, 0.4) is 0 Å². The quantitative estimate of drug-likeness (QED) is 0.813. The van der Waals surface area contributed by atoms with Gasteiger partial charge in [-0.2, -0.15) is 0 Å². The van der Waals surface area contributed by atoms with Crippen LogP contribution in [0.4, 0.5) is 0 Å². The highest BCUT2D eigenvalue weighted by Gasteiger charge is 2.11. The Hall–Kier alpha value is -0.730. The summed E-state index contributed by atoms with van der Waals surface area (Å²) in [5.74, 6) is 1.53. The molecule has 0 fully saturated rings. The van der Waals surface area contributed by atoms with Crippen LogP contribution >= 0.6 is 11.6 Å². The summed E-state index contributed by atoms with van der Waals surface area (Å²) in [5, 5.41) is 0.814. The van der Waals surface area contributed by atoms with E-state index in [1.54, 1.807) is 0 Å². The molecule has 1 rings (SSSR count). The third-order valence-electron chi connectivity index (χ3n) is 3.03. The van der Waals surface area contributed by atoms with Gasteiger partial charge in [0, 0.05) is 5.02 Å². The van der Waals surface area contributed by atoms with Gasteiger partial charge in [-0.25, -0.2) is 0 Å². The maximum absolute atomic E-state index is 6.20. The van der Waals surface area contributed by atoms with Crippen molar-refractivity contribution < 1.29 is 4.74 Å². The molecular weight excluding hydrogens is 246 g/mol. The highest BCUT2D eigenvalue weighted by atomic mass is 35.5. The Morgan fingerprint density at radius 1 is 1.39 bits per heavy atom. The molecule has 0 aliphatic rings. The van der Waals surface area contributed by atoms with Gasteiger partial charge in [0.2, 0.25) is 0 Å². The SMILES string of the molecule is CCCOc1cc(C)c(Cl)cc1CC(C)CCN. The van der Waals surface area contributed by atoms with Crippen molar-refractivity contribution in [2.45, 2.75) is 40.0 Å². The molecule has 0 spiro atoms. The van der Waals surface area contributed by atoms with E-state index >= 15 is 0 Å². The van der Waals surface area contributed by atoms with Gasteiger partial charge in [0.15, 0.2) is 0 Å². The molecule has 3 heteroatoms. The number of hydrogen-bond donors (Lipinski definition) is 1. The molecule has 0 saturated heterocycles. The summed E-state index contributed by atoms with van der Waals surface area (Å²) in [6, 6.07) is 4.08. The van der Waals surface area contributed by atoms with Gasteiger partial charge in [-0.15, -0.1) is 0 Å². The Morgan fingerprint density at radius 2 is 2.11 bits per heavy atom. The van der Waals surface area contributed by atoms with Gasteiger partial charge >= 0.3 is 0 Å². The second-order valence-electron chi connectivity index (χ2n) is 4.94. The maximum atomic E-state index is 6.20. The fourth-order valence-corrected chi connectivity index (χ4v) is 2.15. The number of benzene rings is 1. The average Bonchev–Trinajstić information content (AvgIpc) is 2.32. The van der Waals surface area contributed by atoms with E-state index in [2.05, 4.69) is 13.8 Å². The van der Waals surface area contributed by atoms with Crippen molar-refractivity contribution in [3.63, 3.8) is 0 Å². The van der Waals surface area contributed by atoms with Crippen LogP contribution in [0, 0.1) is 12.8 Å². The zero-order valence-corrected chi connectivity index (χ0v) is 12.4. The standard InChI is InChI=1S/C15H24ClNO/c1-4-7-18-15-9-12(3)14(16)10-13(15)8-11(2)5-6-17/h9-11H,4-8,17H2,1-3H3. The van der Waals surface area contributed by atoms with Crippen molar-refractivity contribution in [1.82, 2.24) is 0 Å². The van der Waals surface area contributed by atoms with Gasteiger partial charge in [-0.3, -0.25) is 0 Å². The van der Waals surface area contributed by atoms with Crippen LogP contribution in [-0.4, -0.2) is 13.2 Å². The van der Waals surface area contributed by atoms with Gasteiger partial charge < -0.3 is 10.5 Å². The van der Waals surface area contributed by atoms with Crippen LogP contribution in [0.2, 0.25) is 5.02 Å². The van der Waals surface area contributed by atoms with Crippen LogP contribution in [0.15, 0.2) is 12.1 Å². The van der Waals surface area contributed by atoms with Crippen molar-refractivity contribution in [2.75, 3.05) is 13.2 Å². The smallest absolute Gasteiger partial charge is 0.122 e. The lowest BCUT2D eigenvalue weighted by atomic mass is 9.96. The molecule has 1 aromatic carbocycles. The molecule has 0 saturated carbocycles. The molecule has 0 bridgehead atoms. The number of halogens is 1. The van der Waals surface area contributed by atoms with Gasteiger partial charge in [-0.05, 0) is 61.9 Å². The van der Waals surface area contributed by atoms with E-state index in [4.69, 9.17) is 22.1 Å². The van der Waals surface area contributed by atoms with E-state index in [9.17, 15) is 0 Å². The fraction of sp³-hybridized carbons (Fsp3) is 0.600. The number of hydrogen-bond acceptors (Lipinski definition) is 2. The highest BCUT2D eigenvalue weighted by Crippen LogP contribution is 2.29. The van der Waals surface area contributed by atoms with E-state index < -0.39 is 0 Å². The van der Waals surface area contributed by atoms with Crippen molar-refractivity contribution >= 4 is 11.6 Å². The van der Waals surface area contributed by atoms with Gasteiger partial charge in [0.05, 0.1) is 6.61 Å². The maximum Gasteiger partial charge on any atom is 0.122 e. The first-order valence-electron chi connectivity index (χ1n) is 6.70. The number of ether oxygens (including phenoxy) is 1. The first kappa shape index (κ1) is 15.3. The molecule has 0 amide bonds. The lowest BCUT2D eigenvalue weighted by Gasteiger charge is -2.16. The summed E-state index contributed by atoms with van der Waals surface area (Å²) >= 11 is 6.20. The molecule has 0 aliphatic heterocycles. The number of aryl methyl sites for hydroxylation is 1. The summed E-state index contributed by atoms with van der Waals surface area (Å²) < 4.78 is 5.81. The summed E-state index contributed by atoms with van der Waals surface area (Å²) in [6.45, 7) is 7.81. The molecule has 0 aliphatic carbocycles. The van der Waals surface area contributed by atoms with Crippen LogP contribution in [0.5, 0.6) is 5.75 Å². The average molecular weight is 270 g/mol. The van der Waals surface area contributed by atoms with Crippen molar-refractivity contribution in [3.05, 3.63) is 28.3 Å². The molecule has 1 aromatic rings. The monoisotopic (exact) mass is 269 g/mol. The number of nitrogens with two attached hydrogens (primary N) is 1. The lowest BCUT2D eigenvalue weighted by Crippen LogP contribution is -2.09. The lowest BCUT2D eigenvalue weighted by molar-refractivity contribution is 0.312. The summed E-state index contributed by atoms with van der Waals surface area (Å²) in [5.41, 5.74) is 7.86. The fourth-order valence-electron chi connectivity index (χ4n) is 1.96. The zero-order chi connectivity index (χ0) is 13.5. The van der Waals surface area contributed by atoms with Crippen LogP contribution in [0.1, 0.15) is 37.8 Å². The second-order valence-corrected chi connectivity index (χ2v) is 5.35. The van der Waals surface area contributed by atoms with Gasteiger partial charge in [0.1, 0.15) is 5.75 Å². The Balaban J connectivity index is 2.88. The van der Waals surface area contributed by atoms with Crippen molar-refractivity contribution in [1.29, 1.82) is 0 Å². The van der Waals surface area contributed by atoms with E-state index in [1.807, 2.05) is 19.1 Å². The molecule has 102 valence electrons. The van der Waals surface area contributed by atoms with Crippen LogP contribution in [-0.2, 0) is 6.42 Å². The normalized spacial score (nSPS) is 12.5. The molecule has 0 radical (unpaired) electrons. The minimum absolute atomic E-state index is 0.553. The summed E-state index contributed by atoms with van der Waals surface area (Å²) in [6.07, 6.45) is 3.01. The molecule has 1 unspecified atom stereocenters. The molecule has 2 N–H and O–H groups in total. The Kier molecular flexibility index (Phi) is 6.51. The first-order valence-corrected chi connectivity index (χ1v) is 7.08. The van der Waals surface area contributed by atoms with E-state index in [0.717, 1.165) is 48.7 Å². The second kappa shape index (κ2) is 7.65. The first-order chi connectivity index (χ1) is 8.58. The minimum Gasteiger partial charge on any atom is -0.493 e. The largest absolute Gasteiger partial charge is 0.493 e. The van der Waals surface area contributed by atoms with Crippen molar-refractivity contribution in [3.8, 4) is 5.75 Å². The van der Waals surface area contributed by atoms with E-state index in [0.29, 0.717) is 5.92 Å². The molecule has 2 nitrogen and oxygen atoms in total. The number of rotatable bonds is 7. The van der Waals surface area contributed by atoms with Crippen molar-refractivity contribution in [2.24, 2.45) is 11.7 Å². The van der Waals surface area contributed by atoms with E-state index in [-0.39, 0.29) is 0 Å². The van der Waals surface area contributed by atoms with Gasteiger partial charge in [-0.1, -0.05) is 25.4 Å². The van der Waals surface area contributed by atoms with Crippen LogP contribution in [0.25, 0.3) is 0 Å². The highest BCUT2D eigenvalue weighted by molar-refractivity contribution is 6.31. The predicted octanol–water partition coefficient (Wildman–Crippen LogP) is 3.96. The Labute approximate surface area is 115 Å². The third-order valence-corrected chi connectivity index (χ3v) is 3.44.